The van der Waals surface area contributed by atoms with Gasteiger partial charge in [0.2, 0.25) is 0 Å². The number of hydrogen-bond acceptors (Lipinski definition) is 5. The largest absolute Gasteiger partial charge is 0.488 e. The van der Waals surface area contributed by atoms with Gasteiger partial charge in [0.15, 0.2) is 21.4 Å². The Morgan fingerprint density at radius 1 is 1.57 bits per heavy atom. The van der Waals surface area contributed by atoms with Crippen molar-refractivity contribution in [2.24, 2.45) is 0 Å². The quantitative estimate of drug-likeness (QED) is 0.727. The van der Waals surface area contributed by atoms with Gasteiger partial charge in [0.05, 0.1) is 11.4 Å². The van der Waals surface area contributed by atoms with Crippen LogP contribution in [0.15, 0.2) is 17.2 Å². The van der Waals surface area contributed by atoms with Crippen molar-refractivity contribution in [3.05, 3.63) is 12.3 Å². The number of fused-ring (bicyclic) bond motifs is 1. The standard InChI is InChI=1S/C8H10N2O3S/c1-14(11,12)6-4-7-8(10-5-6)9-2-3-13-7/h4-5H,2-3H2,1H3,(H,9,10). The molecule has 0 saturated carbocycles. The Balaban J connectivity index is 2.49. The van der Waals surface area contributed by atoms with E-state index in [2.05, 4.69) is 10.3 Å². The number of ether oxygens (including phenoxy) is 1. The first-order chi connectivity index (χ1) is 6.57. The Hall–Kier alpha value is -1.30. The lowest BCUT2D eigenvalue weighted by atomic mass is 10.4. The van der Waals surface area contributed by atoms with E-state index in [-0.39, 0.29) is 4.90 Å². The van der Waals surface area contributed by atoms with Crippen molar-refractivity contribution < 1.29 is 13.2 Å². The third-order valence-corrected chi connectivity index (χ3v) is 2.99. The fraction of sp³-hybridized carbons (Fsp3) is 0.375. The lowest BCUT2D eigenvalue weighted by Crippen LogP contribution is -2.19. The number of rotatable bonds is 1. The summed E-state index contributed by atoms with van der Waals surface area (Å²) in [5.41, 5.74) is 0. The van der Waals surface area contributed by atoms with Crippen LogP contribution in [0.2, 0.25) is 0 Å². The fourth-order valence-corrected chi connectivity index (χ4v) is 1.77. The molecule has 1 N–H and O–H groups in total. The van der Waals surface area contributed by atoms with Gasteiger partial charge in [0, 0.05) is 18.5 Å². The fourth-order valence-electron chi connectivity index (χ4n) is 1.20. The molecular weight excluding hydrogens is 204 g/mol. The van der Waals surface area contributed by atoms with Crippen molar-refractivity contribution in [1.29, 1.82) is 0 Å². The van der Waals surface area contributed by atoms with Gasteiger partial charge in [0.1, 0.15) is 6.61 Å². The highest BCUT2D eigenvalue weighted by atomic mass is 32.2. The molecule has 14 heavy (non-hydrogen) atoms. The zero-order valence-corrected chi connectivity index (χ0v) is 8.47. The molecule has 6 heteroatoms. The van der Waals surface area contributed by atoms with E-state index in [4.69, 9.17) is 4.74 Å². The van der Waals surface area contributed by atoms with Crippen molar-refractivity contribution >= 4 is 15.7 Å². The topological polar surface area (TPSA) is 68.3 Å². The monoisotopic (exact) mass is 214 g/mol. The average molecular weight is 214 g/mol. The highest BCUT2D eigenvalue weighted by Gasteiger charge is 2.15. The van der Waals surface area contributed by atoms with Gasteiger partial charge in [-0.25, -0.2) is 13.4 Å². The number of aromatic nitrogens is 1. The maximum absolute atomic E-state index is 11.2. The average Bonchev–Trinajstić information content (AvgIpc) is 2.16. The number of sulfone groups is 1. The van der Waals surface area contributed by atoms with Gasteiger partial charge in [-0.1, -0.05) is 0 Å². The summed E-state index contributed by atoms with van der Waals surface area (Å²) in [7, 11) is -3.21. The Morgan fingerprint density at radius 2 is 2.36 bits per heavy atom. The molecule has 0 spiro atoms. The van der Waals surface area contributed by atoms with Crippen LogP contribution < -0.4 is 10.1 Å². The summed E-state index contributed by atoms with van der Waals surface area (Å²) in [6.07, 6.45) is 2.47. The van der Waals surface area contributed by atoms with Crippen LogP contribution in [0.25, 0.3) is 0 Å². The van der Waals surface area contributed by atoms with Crippen molar-refractivity contribution in [3.63, 3.8) is 0 Å². The molecule has 2 rings (SSSR count). The first kappa shape index (κ1) is 9.26. The maximum atomic E-state index is 11.2. The summed E-state index contributed by atoms with van der Waals surface area (Å²) in [6.45, 7) is 1.22. The number of hydrogen-bond donors (Lipinski definition) is 1. The van der Waals surface area contributed by atoms with Crippen LogP contribution in [0.4, 0.5) is 5.82 Å². The molecule has 0 unspecified atom stereocenters. The molecule has 0 radical (unpaired) electrons. The summed E-state index contributed by atoms with van der Waals surface area (Å²) < 4.78 is 27.7. The first-order valence-corrected chi connectivity index (χ1v) is 6.03. The summed E-state index contributed by atoms with van der Waals surface area (Å²) in [6, 6.07) is 1.49. The molecule has 1 aromatic rings. The summed E-state index contributed by atoms with van der Waals surface area (Å²) >= 11 is 0. The normalized spacial score (nSPS) is 15.2. The molecule has 1 aliphatic rings. The zero-order chi connectivity index (χ0) is 10.2. The molecule has 2 heterocycles. The molecule has 0 amide bonds. The molecular formula is C8H10N2O3S. The number of nitrogens with zero attached hydrogens (tertiary/aromatic N) is 1. The molecule has 0 bridgehead atoms. The van der Waals surface area contributed by atoms with Crippen molar-refractivity contribution in [2.75, 3.05) is 24.7 Å². The lowest BCUT2D eigenvalue weighted by Gasteiger charge is -2.17. The van der Waals surface area contributed by atoms with Gasteiger partial charge >= 0.3 is 0 Å². The Kier molecular flexibility index (Phi) is 2.07. The zero-order valence-electron chi connectivity index (χ0n) is 7.65. The van der Waals surface area contributed by atoms with Crippen molar-refractivity contribution in [2.45, 2.75) is 4.90 Å². The second-order valence-corrected chi connectivity index (χ2v) is 5.08. The van der Waals surface area contributed by atoms with Crippen LogP contribution in [0, 0.1) is 0 Å². The van der Waals surface area contributed by atoms with Crippen LogP contribution in [0.5, 0.6) is 5.75 Å². The molecule has 76 valence electrons. The van der Waals surface area contributed by atoms with E-state index in [0.717, 1.165) is 6.26 Å². The molecule has 0 aliphatic carbocycles. The Labute approximate surface area is 82.0 Å². The minimum atomic E-state index is -3.21. The number of nitrogens with one attached hydrogen (secondary N) is 1. The molecule has 1 aromatic heterocycles. The molecule has 0 saturated heterocycles. The van der Waals surface area contributed by atoms with Crippen molar-refractivity contribution in [3.8, 4) is 5.75 Å². The van der Waals surface area contributed by atoms with Gasteiger partial charge in [-0.05, 0) is 0 Å². The highest BCUT2D eigenvalue weighted by molar-refractivity contribution is 7.90. The van der Waals surface area contributed by atoms with E-state index < -0.39 is 9.84 Å². The minimum absolute atomic E-state index is 0.181. The number of pyridine rings is 1. The lowest BCUT2D eigenvalue weighted by molar-refractivity contribution is 0.320. The second-order valence-electron chi connectivity index (χ2n) is 3.07. The van der Waals surface area contributed by atoms with Crippen LogP contribution >= 0.6 is 0 Å². The van der Waals surface area contributed by atoms with E-state index in [1.54, 1.807) is 0 Å². The van der Waals surface area contributed by atoms with Crippen LogP contribution in [-0.2, 0) is 9.84 Å². The molecule has 1 aliphatic heterocycles. The third kappa shape index (κ3) is 1.65. The first-order valence-electron chi connectivity index (χ1n) is 4.14. The van der Waals surface area contributed by atoms with Gasteiger partial charge in [-0.15, -0.1) is 0 Å². The summed E-state index contributed by atoms with van der Waals surface area (Å²) in [4.78, 5) is 4.15. The van der Waals surface area contributed by atoms with Crippen LogP contribution in [0.1, 0.15) is 0 Å². The maximum Gasteiger partial charge on any atom is 0.177 e. The molecule has 0 fully saturated rings. The second kappa shape index (κ2) is 3.13. The van der Waals surface area contributed by atoms with E-state index in [1.807, 2.05) is 0 Å². The molecule has 0 atom stereocenters. The molecule has 0 aromatic carbocycles. The van der Waals surface area contributed by atoms with Gasteiger partial charge in [0.25, 0.3) is 0 Å². The van der Waals surface area contributed by atoms with E-state index in [1.165, 1.54) is 12.3 Å². The summed E-state index contributed by atoms with van der Waals surface area (Å²) in [5.74, 6) is 1.10. The van der Waals surface area contributed by atoms with Crippen molar-refractivity contribution in [1.82, 2.24) is 4.98 Å². The smallest absolute Gasteiger partial charge is 0.177 e. The Bertz CT molecular complexity index is 456. The summed E-state index contributed by atoms with van der Waals surface area (Å²) in [5, 5.41) is 3.01. The van der Waals surface area contributed by atoms with E-state index in [9.17, 15) is 8.42 Å². The van der Waals surface area contributed by atoms with Gasteiger partial charge < -0.3 is 10.1 Å². The van der Waals surface area contributed by atoms with Crippen LogP contribution in [0.3, 0.4) is 0 Å². The predicted octanol–water partition coefficient (Wildman–Crippen LogP) is 0.289. The van der Waals surface area contributed by atoms with E-state index >= 15 is 0 Å². The third-order valence-electron chi connectivity index (χ3n) is 1.91. The molecule has 5 nitrogen and oxygen atoms in total. The highest BCUT2D eigenvalue weighted by Crippen LogP contribution is 2.26. The predicted molar refractivity (Wildman–Crippen MR) is 51.3 cm³/mol. The SMILES string of the molecule is CS(=O)(=O)c1cnc2c(c1)OCCN2. The number of anilines is 1. The van der Waals surface area contributed by atoms with Crippen LogP contribution in [-0.4, -0.2) is 32.8 Å². The van der Waals surface area contributed by atoms with Gasteiger partial charge in [-0.3, -0.25) is 0 Å². The van der Waals surface area contributed by atoms with E-state index in [0.29, 0.717) is 24.7 Å². The Morgan fingerprint density at radius 3 is 3.07 bits per heavy atom. The minimum Gasteiger partial charge on any atom is -0.488 e. The van der Waals surface area contributed by atoms with Gasteiger partial charge in [-0.2, -0.15) is 0 Å².